The van der Waals surface area contributed by atoms with Gasteiger partial charge in [-0.2, -0.15) is 0 Å². The number of rotatable bonds is 5. The zero-order valence-electron chi connectivity index (χ0n) is 11.9. The number of anilines is 2. The van der Waals surface area contributed by atoms with E-state index >= 15 is 0 Å². The van der Waals surface area contributed by atoms with Gasteiger partial charge in [0.1, 0.15) is 5.69 Å². The summed E-state index contributed by atoms with van der Waals surface area (Å²) in [6.07, 6.45) is 1.60. The molecule has 1 aromatic carbocycles. The summed E-state index contributed by atoms with van der Waals surface area (Å²) >= 11 is 11.9. The predicted molar refractivity (Wildman–Crippen MR) is 89.0 cm³/mol. The molecule has 1 heterocycles. The van der Waals surface area contributed by atoms with Gasteiger partial charge < -0.3 is 10.6 Å². The SMILES string of the molecule is C=CCNC(=O)c1cc(C)nc(Nc2cc(Cl)cc(Cl)c2)n1. The second-order valence-corrected chi connectivity index (χ2v) is 5.37. The van der Waals surface area contributed by atoms with E-state index in [1.807, 2.05) is 0 Å². The number of halogens is 2. The molecule has 0 aliphatic carbocycles. The Morgan fingerprint density at radius 3 is 2.55 bits per heavy atom. The molecule has 0 fully saturated rings. The maximum absolute atomic E-state index is 11.9. The molecule has 0 radical (unpaired) electrons. The van der Waals surface area contributed by atoms with Crippen LogP contribution in [0.1, 0.15) is 16.2 Å². The first kappa shape index (κ1) is 16.3. The molecular weight excluding hydrogens is 323 g/mol. The summed E-state index contributed by atoms with van der Waals surface area (Å²) in [4.78, 5) is 20.4. The van der Waals surface area contributed by atoms with Crippen molar-refractivity contribution >= 4 is 40.7 Å². The van der Waals surface area contributed by atoms with Gasteiger partial charge in [-0.05, 0) is 31.2 Å². The average Bonchev–Trinajstić information content (AvgIpc) is 2.42. The number of carbonyl (C=O) groups excluding carboxylic acids is 1. The van der Waals surface area contributed by atoms with Gasteiger partial charge >= 0.3 is 0 Å². The highest BCUT2D eigenvalue weighted by atomic mass is 35.5. The molecule has 114 valence electrons. The van der Waals surface area contributed by atoms with E-state index in [0.29, 0.717) is 33.9 Å². The van der Waals surface area contributed by atoms with Crippen LogP contribution in [0.4, 0.5) is 11.6 Å². The van der Waals surface area contributed by atoms with Gasteiger partial charge in [0.25, 0.3) is 5.91 Å². The quantitative estimate of drug-likeness (QED) is 0.816. The van der Waals surface area contributed by atoms with Crippen molar-refractivity contribution in [2.75, 3.05) is 11.9 Å². The van der Waals surface area contributed by atoms with Crippen molar-refractivity contribution in [3.05, 3.63) is 58.4 Å². The van der Waals surface area contributed by atoms with Crippen LogP contribution in [0.5, 0.6) is 0 Å². The summed E-state index contributed by atoms with van der Waals surface area (Å²) in [5, 5.41) is 6.64. The van der Waals surface area contributed by atoms with Crippen LogP contribution in [-0.2, 0) is 0 Å². The minimum absolute atomic E-state index is 0.268. The predicted octanol–water partition coefficient (Wildman–Crippen LogP) is 3.75. The lowest BCUT2D eigenvalue weighted by molar-refractivity contribution is 0.0953. The van der Waals surface area contributed by atoms with Crippen molar-refractivity contribution in [1.82, 2.24) is 15.3 Å². The van der Waals surface area contributed by atoms with Crippen LogP contribution in [-0.4, -0.2) is 22.4 Å². The third-order valence-corrected chi connectivity index (χ3v) is 3.05. The van der Waals surface area contributed by atoms with E-state index in [-0.39, 0.29) is 11.6 Å². The molecule has 1 aromatic heterocycles. The van der Waals surface area contributed by atoms with E-state index < -0.39 is 0 Å². The molecule has 0 atom stereocenters. The Labute approximate surface area is 138 Å². The normalized spacial score (nSPS) is 10.1. The highest BCUT2D eigenvalue weighted by Crippen LogP contribution is 2.24. The molecule has 0 aliphatic rings. The second-order valence-electron chi connectivity index (χ2n) is 4.50. The van der Waals surface area contributed by atoms with E-state index in [9.17, 15) is 4.79 Å². The highest BCUT2D eigenvalue weighted by molar-refractivity contribution is 6.35. The second kappa shape index (κ2) is 7.24. The van der Waals surface area contributed by atoms with Gasteiger partial charge in [0, 0.05) is 28.0 Å². The van der Waals surface area contributed by atoms with Gasteiger partial charge in [0.05, 0.1) is 0 Å². The molecule has 0 aliphatic heterocycles. The number of aryl methyl sites for hydroxylation is 1. The fourth-order valence-corrected chi connectivity index (χ4v) is 2.28. The Balaban J connectivity index is 2.25. The van der Waals surface area contributed by atoms with Gasteiger partial charge in [-0.25, -0.2) is 9.97 Å². The summed E-state index contributed by atoms with van der Waals surface area (Å²) in [6, 6.07) is 6.61. The molecule has 5 nitrogen and oxygen atoms in total. The topological polar surface area (TPSA) is 66.9 Å². The largest absolute Gasteiger partial charge is 0.347 e. The molecular formula is C15H14Cl2N4O. The van der Waals surface area contributed by atoms with Crippen molar-refractivity contribution in [2.24, 2.45) is 0 Å². The zero-order chi connectivity index (χ0) is 16.1. The standard InChI is InChI=1S/C15H14Cl2N4O/c1-3-4-18-14(22)13-5-9(2)19-15(21-13)20-12-7-10(16)6-11(17)8-12/h3,5-8H,1,4H2,2H3,(H,18,22)(H,19,20,21). The average molecular weight is 337 g/mol. The number of hydrogen-bond acceptors (Lipinski definition) is 4. The van der Waals surface area contributed by atoms with E-state index in [1.165, 1.54) is 0 Å². The van der Waals surface area contributed by atoms with Crippen LogP contribution in [0.25, 0.3) is 0 Å². The third kappa shape index (κ3) is 4.44. The lowest BCUT2D eigenvalue weighted by Gasteiger charge is -2.09. The first-order valence-electron chi connectivity index (χ1n) is 6.46. The first-order chi connectivity index (χ1) is 10.5. The minimum Gasteiger partial charge on any atom is -0.347 e. The maximum Gasteiger partial charge on any atom is 0.270 e. The van der Waals surface area contributed by atoms with Gasteiger partial charge in [0.2, 0.25) is 5.95 Å². The number of nitrogens with zero attached hydrogens (tertiary/aromatic N) is 2. The van der Waals surface area contributed by atoms with Crippen molar-refractivity contribution in [1.29, 1.82) is 0 Å². The van der Waals surface area contributed by atoms with Crippen LogP contribution in [0.15, 0.2) is 36.9 Å². The molecule has 0 saturated carbocycles. The van der Waals surface area contributed by atoms with E-state index in [2.05, 4.69) is 27.2 Å². The van der Waals surface area contributed by atoms with E-state index in [0.717, 1.165) is 0 Å². The number of benzene rings is 1. The van der Waals surface area contributed by atoms with Crippen LogP contribution in [0.3, 0.4) is 0 Å². The number of amides is 1. The summed E-state index contributed by atoms with van der Waals surface area (Å²) < 4.78 is 0. The zero-order valence-corrected chi connectivity index (χ0v) is 13.4. The van der Waals surface area contributed by atoms with E-state index in [4.69, 9.17) is 23.2 Å². The molecule has 2 rings (SSSR count). The van der Waals surface area contributed by atoms with Gasteiger partial charge in [-0.1, -0.05) is 29.3 Å². The van der Waals surface area contributed by atoms with Crippen LogP contribution in [0, 0.1) is 6.92 Å². The van der Waals surface area contributed by atoms with Crippen molar-refractivity contribution < 1.29 is 4.79 Å². The molecule has 2 aromatic rings. The Hall–Kier alpha value is -2.11. The monoisotopic (exact) mass is 336 g/mol. The fraction of sp³-hybridized carbons (Fsp3) is 0.133. The van der Waals surface area contributed by atoms with Gasteiger partial charge in [-0.15, -0.1) is 6.58 Å². The Kier molecular flexibility index (Phi) is 5.35. The molecule has 0 saturated heterocycles. The molecule has 0 bridgehead atoms. The molecule has 7 heteroatoms. The van der Waals surface area contributed by atoms with E-state index in [1.54, 1.807) is 37.3 Å². The molecule has 1 amide bonds. The third-order valence-electron chi connectivity index (χ3n) is 2.61. The Morgan fingerprint density at radius 2 is 1.91 bits per heavy atom. The Bertz CT molecular complexity index is 698. The summed E-state index contributed by atoms with van der Waals surface area (Å²) in [7, 11) is 0. The highest BCUT2D eigenvalue weighted by Gasteiger charge is 2.10. The number of hydrogen-bond donors (Lipinski definition) is 2. The lowest BCUT2D eigenvalue weighted by atomic mass is 10.3. The van der Waals surface area contributed by atoms with Crippen molar-refractivity contribution in [2.45, 2.75) is 6.92 Å². The molecule has 0 spiro atoms. The lowest BCUT2D eigenvalue weighted by Crippen LogP contribution is -2.24. The van der Waals surface area contributed by atoms with Crippen LogP contribution in [0.2, 0.25) is 10.0 Å². The molecule has 22 heavy (non-hydrogen) atoms. The summed E-state index contributed by atoms with van der Waals surface area (Å²) in [5.74, 6) is -0.000312. The summed E-state index contributed by atoms with van der Waals surface area (Å²) in [5.41, 5.74) is 1.57. The van der Waals surface area contributed by atoms with Crippen LogP contribution >= 0.6 is 23.2 Å². The first-order valence-corrected chi connectivity index (χ1v) is 7.21. The molecule has 2 N–H and O–H groups in total. The fourth-order valence-electron chi connectivity index (χ4n) is 1.75. The number of carbonyl (C=O) groups is 1. The van der Waals surface area contributed by atoms with Crippen molar-refractivity contribution in [3.63, 3.8) is 0 Å². The number of aromatic nitrogens is 2. The minimum atomic E-state index is -0.294. The maximum atomic E-state index is 11.9. The molecule has 0 unspecified atom stereocenters. The van der Waals surface area contributed by atoms with Gasteiger partial charge in [0.15, 0.2) is 0 Å². The Morgan fingerprint density at radius 1 is 1.23 bits per heavy atom. The van der Waals surface area contributed by atoms with Crippen LogP contribution < -0.4 is 10.6 Å². The van der Waals surface area contributed by atoms with Crippen molar-refractivity contribution in [3.8, 4) is 0 Å². The van der Waals surface area contributed by atoms with Gasteiger partial charge in [-0.3, -0.25) is 4.79 Å². The smallest absolute Gasteiger partial charge is 0.270 e. The summed E-state index contributed by atoms with van der Waals surface area (Å²) in [6.45, 7) is 5.70. The number of nitrogens with one attached hydrogen (secondary N) is 2.